The van der Waals surface area contributed by atoms with Gasteiger partial charge in [0, 0.05) is 22.0 Å². The number of hydrogen-bond acceptors (Lipinski definition) is 4. The van der Waals surface area contributed by atoms with Gasteiger partial charge in [0.1, 0.15) is 12.1 Å². The first-order valence-corrected chi connectivity index (χ1v) is 7.25. The number of carbonyl (C=O) groups excluding carboxylic acids is 1. The highest BCUT2D eigenvalue weighted by Crippen LogP contribution is 2.23. The van der Waals surface area contributed by atoms with E-state index in [4.69, 9.17) is 0 Å². The minimum Gasteiger partial charge on any atom is -0.365 e. The Bertz CT molecular complexity index is 804. The molecule has 0 fully saturated rings. The Kier molecular flexibility index (Phi) is 3.92. The molecule has 0 saturated heterocycles. The van der Waals surface area contributed by atoms with Crippen LogP contribution in [0, 0.1) is 0 Å². The maximum Gasteiger partial charge on any atom is 0.152 e. The summed E-state index contributed by atoms with van der Waals surface area (Å²) >= 11 is 3.52. The summed E-state index contributed by atoms with van der Waals surface area (Å²) in [5.41, 5.74) is 2.37. The van der Waals surface area contributed by atoms with Gasteiger partial charge >= 0.3 is 0 Å². The summed E-state index contributed by atoms with van der Waals surface area (Å²) in [4.78, 5) is 19.5. The van der Waals surface area contributed by atoms with Crippen molar-refractivity contribution >= 4 is 38.9 Å². The van der Waals surface area contributed by atoms with E-state index in [1.807, 2.05) is 36.4 Å². The second-order valence-corrected chi connectivity index (χ2v) is 5.38. The molecule has 1 heterocycles. The van der Waals surface area contributed by atoms with Crippen LogP contribution < -0.4 is 5.32 Å². The van der Waals surface area contributed by atoms with Crippen LogP contribution in [0.5, 0.6) is 0 Å². The van der Waals surface area contributed by atoms with Crippen molar-refractivity contribution < 1.29 is 4.79 Å². The molecule has 5 heteroatoms. The van der Waals surface area contributed by atoms with E-state index in [1.165, 1.54) is 6.33 Å². The molecule has 4 nitrogen and oxygen atoms in total. The molecule has 0 spiro atoms. The second-order valence-electron chi connectivity index (χ2n) is 4.53. The van der Waals surface area contributed by atoms with Crippen molar-refractivity contribution in [2.45, 2.75) is 6.54 Å². The average molecular weight is 342 g/mol. The molecule has 2 aromatic carbocycles. The first-order chi connectivity index (χ1) is 10.3. The summed E-state index contributed by atoms with van der Waals surface area (Å²) in [5, 5.41) is 4.14. The third-order valence-corrected chi connectivity index (χ3v) is 4.00. The highest BCUT2D eigenvalue weighted by molar-refractivity contribution is 9.10. The molecule has 104 valence electrons. The van der Waals surface area contributed by atoms with Crippen molar-refractivity contribution in [3.8, 4) is 0 Å². The molecule has 1 N–H and O–H groups in total. The maximum atomic E-state index is 11.1. The maximum absolute atomic E-state index is 11.1. The molecule has 1 aromatic heterocycles. The fourth-order valence-electron chi connectivity index (χ4n) is 2.17. The first kappa shape index (κ1) is 13.7. The molecule has 0 unspecified atom stereocenters. The molecule has 3 aromatic rings. The van der Waals surface area contributed by atoms with Gasteiger partial charge in [-0.1, -0.05) is 40.2 Å². The fraction of sp³-hybridized carbons (Fsp3) is 0.0625. The Morgan fingerprint density at radius 1 is 1.10 bits per heavy atom. The molecule has 0 radical (unpaired) electrons. The van der Waals surface area contributed by atoms with Gasteiger partial charge in [0.2, 0.25) is 0 Å². The number of anilines is 1. The van der Waals surface area contributed by atoms with Crippen LogP contribution in [0.15, 0.2) is 53.3 Å². The van der Waals surface area contributed by atoms with Gasteiger partial charge in [0.25, 0.3) is 0 Å². The molecule has 0 amide bonds. The second kappa shape index (κ2) is 6.01. The van der Waals surface area contributed by atoms with Crippen molar-refractivity contribution in [2.24, 2.45) is 0 Å². The van der Waals surface area contributed by atoms with E-state index in [9.17, 15) is 4.79 Å². The van der Waals surface area contributed by atoms with Crippen LogP contribution >= 0.6 is 15.9 Å². The van der Waals surface area contributed by atoms with E-state index < -0.39 is 0 Å². The Morgan fingerprint density at radius 3 is 2.76 bits per heavy atom. The lowest BCUT2D eigenvalue weighted by molar-refractivity contribution is 0.112. The standard InChI is InChI=1S/C16H12BrN3O/c17-14-7-2-1-4-11(14)8-18-16-13-6-3-5-12(9-21)15(13)19-10-20-16/h1-7,9-10H,8H2,(H,18,19,20). The van der Waals surface area contributed by atoms with Crippen molar-refractivity contribution in [1.29, 1.82) is 0 Å². The molecular formula is C16H12BrN3O. The third-order valence-electron chi connectivity index (χ3n) is 3.23. The van der Waals surface area contributed by atoms with E-state index in [1.54, 1.807) is 6.07 Å². The summed E-state index contributed by atoms with van der Waals surface area (Å²) in [6.45, 7) is 0.638. The molecule has 0 atom stereocenters. The number of aldehydes is 1. The van der Waals surface area contributed by atoms with Crippen LogP contribution in [-0.2, 0) is 6.54 Å². The van der Waals surface area contributed by atoms with Gasteiger partial charge in [-0.3, -0.25) is 4.79 Å². The SMILES string of the molecule is O=Cc1cccc2c(NCc3ccccc3Br)ncnc12. The molecular weight excluding hydrogens is 330 g/mol. The largest absolute Gasteiger partial charge is 0.365 e. The summed E-state index contributed by atoms with van der Waals surface area (Å²) in [5.74, 6) is 0.722. The summed E-state index contributed by atoms with van der Waals surface area (Å²) in [7, 11) is 0. The lowest BCUT2D eigenvalue weighted by Crippen LogP contribution is -2.03. The summed E-state index contributed by atoms with van der Waals surface area (Å²) in [6.07, 6.45) is 2.28. The lowest BCUT2D eigenvalue weighted by Gasteiger charge is -2.10. The number of nitrogens with one attached hydrogen (secondary N) is 1. The highest BCUT2D eigenvalue weighted by atomic mass is 79.9. The van der Waals surface area contributed by atoms with Crippen LogP contribution in [0.2, 0.25) is 0 Å². The van der Waals surface area contributed by atoms with E-state index in [2.05, 4.69) is 31.2 Å². The van der Waals surface area contributed by atoms with Gasteiger partial charge in [0.15, 0.2) is 6.29 Å². The smallest absolute Gasteiger partial charge is 0.152 e. The van der Waals surface area contributed by atoms with E-state index >= 15 is 0 Å². The van der Waals surface area contributed by atoms with Gasteiger partial charge in [-0.05, 0) is 23.8 Å². The molecule has 0 bridgehead atoms. The van der Waals surface area contributed by atoms with Gasteiger partial charge in [-0.15, -0.1) is 0 Å². The molecule has 0 aliphatic carbocycles. The number of fused-ring (bicyclic) bond motifs is 1. The first-order valence-electron chi connectivity index (χ1n) is 6.46. The van der Waals surface area contributed by atoms with E-state index in [0.717, 1.165) is 27.5 Å². The van der Waals surface area contributed by atoms with Crippen LogP contribution in [0.25, 0.3) is 10.9 Å². The van der Waals surface area contributed by atoms with Gasteiger partial charge < -0.3 is 5.32 Å². The lowest BCUT2D eigenvalue weighted by atomic mass is 10.1. The predicted octanol–water partition coefficient (Wildman–Crippen LogP) is 3.82. The van der Waals surface area contributed by atoms with Gasteiger partial charge in [-0.25, -0.2) is 9.97 Å². The Morgan fingerprint density at radius 2 is 1.95 bits per heavy atom. The van der Waals surface area contributed by atoms with Crippen LogP contribution in [-0.4, -0.2) is 16.3 Å². The number of aromatic nitrogens is 2. The van der Waals surface area contributed by atoms with Crippen molar-refractivity contribution in [3.05, 3.63) is 64.4 Å². The van der Waals surface area contributed by atoms with E-state index in [0.29, 0.717) is 17.6 Å². The van der Waals surface area contributed by atoms with Crippen LogP contribution in [0.4, 0.5) is 5.82 Å². The number of nitrogens with zero attached hydrogens (tertiary/aromatic N) is 2. The topological polar surface area (TPSA) is 54.9 Å². The zero-order chi connectivity index (χ0) is 14.7. The Labute approximate surface area is 130 Å². The number of benzene rings is 2. The molecule has 21 heavy (non-hydrogen) atoms. The molecule has 0 saturated carbocycles. The molecule has 0 aliphatic heterocycles. The van der Waals surface area contributed by atoms with E-state index in [-0.39, 0.29) is 0 Å². The highest BCUT2D eigenvalue weighted by Gasteiger charge is 2.07. The number of carbonyl (C=O) groups is 1. The van der Waals surface area contributed by atoms with Crippen molar-refractivity contribution in [3.63, 3.8) is 0 Å². The average Bonchev–Trinajstić information content (AvgIpc) is 2.53. The number of para-hydroxylation sites is 1. The van der Waals surface area contributed by atoms with Gasteiger partial charge in [-0.2, -0.15) is 0 Å². The fourth-order valence-corrected chi connectivity index (χ4v) is 2.59. The minimum absolute atomic E-state index is 0.568. The zero-order valence-electron chi connectivity index (χ0n) is 11.1. The predicted molar refractivity (Wildman–Crippen MR) is 86.4 cm³/mol. The van der Waals surface area contributed by atoms with Crippen molar-refractivity contribution in [2.75, 3.05) is 5.32 Å². The Hall–Kier alpha value is -2.27. The third kappa shape index (κ3) is 2.78. The number of hydrogen-bond donors (Lipinski definition) is 1. The zero-order valence-corrected chi connectivity index (χ0v) is 12.7. The quantitative estimate of drug-likeness (QED) is 0.733. The number of halogens is 1. The summed E-state index contributed by atoms with van der Waals surface area (Å²) in [6, 6.07) is 13.5. The molecule has 3 rings (SSSR count). The summed E-state index contributed by atoms with van der Waals surface area (Å²) < 4.78 is 1.05. The monoisotopic (exact) mass is 341 g/mol. The molecule has 0 aliphatic rings. The van der Waals surface area contributed by atoms with Crippen molar-refractivity contribution in [1.82, 2.24) is 9.97 Å². The van der Waals surface area contributed by atoms with Crippen LogP contribution in [0.3, 0.4) is 0 Å². The normalized spacial score (nSPS) is 10.5. The Balaban J connectivity index is 1.95. The minimum atomic E-state index is 0.568. The number of rotatable bonds is 4. The van der Waals surface area contributed by atoms with Crippen LogP contribution in [0.1, 0.15) is 15.9 Å². The van der Waals surface area contributed by atoms with Gasteiger partial charge in [0.05, 0.1) is 5.52 Å².